The second-order valence-corrected chi connectivity index (χ2v) is 14.1. The Morgan fingerprint density at radius 2 is 1.62 bits per heavy atom. The van der Waals surface area contributed by atoms with Crippen LogP contribution in [0.15, 0.2) is 83.8 Å². The molecule has 1 heterocycles. The van der Waals surface area contributed by atoms with Gasteiger partial charge in [-0.15, -0.1) is 0 Å². The minimum Gasteiger partial charge on any atom is -0.480 e. The standard InChI is InChI=1S/C34H39FN2O9S/c1-6-43-30(38)29(36-32(40)45-23(2)44-31(39)33(3,4)5)20-24-11-10-14-28(19-24)47(41,42)37-21-34(22-37,25-12-8-7-9-13-25)46-27-17-15-26(35)16-18-27/h7-19,23,29H,6,20-22H2,1-5H3,(H,36,40)/t23?,29-/m0/s1. The second-order valence-electron chi connectivity index (χ2n) is 12.1. The van der Waals surface area contributed by atoms with Gasteiger partial charge in [-0.2, -0.15) is 4.31 Å². The summed E-state index contributed by atoms with van der Waals surface area (Å²) in [5.74, 6) is -1.36. The van der Waals surface area contributed by atoms with Crippen molar-refractivity contribution >= 4 is 28.1 Å². The van der Waals surface area contributed by atoms with Crippen LogP contribution < -0.4 is 10.1 Å². The first-order valence-corrected chi connectivity index (χ1v) is 16.5. The zero-order chi connectivity index (χ0) is 34.4. The molecule has 1 aliphatic heterocycles. The van der Waals surface area contributed by atoms with Crippen LogP contribution in [0, 0.1) is 11.2 Å². The molecule has 1 amide bonds. The number of benzene rings is 3. The number of hydrogen-bond acceptors (Lipinski definition) is 9. The smallest absolute Gasteiger partial charge is 0.410 e. The average molecular weight is 671 g/mol. The normalized spacial score (nSPS) is 15.8. The number of esters is 2. The number of halogens is 1. The van der Waals surface area contributed by atoms with Gasteiger partial charge in [-0.1, -0.05) is 42.5 Å². The number of nitrogens with one attached hydrogen (secondary N) is 1. The molecule has 2 atom stereocenters. The molecule has 1 unspecified atom stereocenters. The molecule has 47 heavy (non-hydrogen) atoms. The predicted octanol–water partition coefficient (Wildman–Crippen LogP) is 4.94. The Morgan fingerprint density at radius 3 is 2.23 bits per heavy atom. The monoisotopic (exact) mass is 670 g/mol. The molecule has 3 aromatic rings. The Hall–Kier alpha value is -4.49. The first kappa shape index (κ1) is 35.4. The number of carbonyl (C=O) groups is 3. The summed E-state index contributed by atoms with van der Waals surface area (Å²) in [5, 5.41) is 2.42. The third-order valence-corrected chi connectivity index (χ3v) is 9.08. The quantitative estimate of drug-likeness (QED) is 0.210. The van der Waals surface area contributed by atoms with Crippen molar-refractivity contribution in [2.24, 2.45) is 5.41 Å². The molecule has 1 aliphatic rings. The Kier molecular flexibility index (Phi) is 10.9. The topological polar surface area (TPSA) is 138 Å². The van der Waals surface area contributed by atoms with Crippen LogP contribution in [0.25, 0.3) is 0 Å². The molecule has 13 heteroatoms. The van der Waals surface area contributed by atoms with Crippen molar-refractivity contribution < 1.29 is 46.1 Å². The van der Waals surface area contributed by atoms with Crippen molar-refractivity contribution in [3.8, 4) is 5.75 Å². The van der Waals surface area contributed by atoms with Gasteiger partial charge in [0.1, 0.15) is 17.6 Å². The lowest BCUT2D eigenvalue weighted by Gasteiger charge is -2.48. The zero-order valence-electron chi connectivity index (χ0n) is 26.9. The summed E-state index contributed by atoms with van der Waals surface area (Å²) in [4.78, 5) is 37.5. The van der Waals surface area contributed by atoms with Gasteiger partial charge in [0.05, 0.1) is 30.0 Å². The molecule has 0 bridgehead atoms. The number of amides is 1. The van der Waals surface area contributed by atoms with Gasteiger partial charge < -0.3 is 24.3 Å². The van der Waals surface area contributed by atoms with Gasteiger partial charge in [0.25, 0.3) is 0 Å². The third-order valence-electron chi connectivity index (χ3n) is 7.29. The zero-order valence-corrected chi connectivity index (χ0v) is 27.7. The van der Waals surface area contributed by atoms with Crippen LogP contribution in [-0.2, 0) is 45.8 Å². The lowest BCUT2D eigenvalue weighted by Crippen LogP contribution is -2.64. The van der Waals surface area contributed by atoms with Gasteiger partial charge in [0.15, 0.2) is 5.60 Å². The molecular formula is C34H39FN2O9S. The van der Waals surface area contributed by atoms with E-state index in [1.54, 1.807) is 33.8 Å². The van der Waals surface area contributed by atoms with Crippen LogP contribution in [0.2, 0.25) is 0 Å². The minimum atomic E-state index is -4.02. The van der Waals surface area contributed by atoms with Gasteiger partial charge in [0.2, 0.25) is 16.3 Å². The van der Waals surface area contributed by atoms with Gasteiger partial charge in [-0.05, 0) is 75.2 Å². The van der Waals surface area contributed by atoms with Crippen molar-refractivity contribution in [3.63, 3.8) is 0 Å². The largest absolute Gasteiger partial charge is 0.480 e. The minimum absolute atomic E-state index is 0.00221. The van der Waals surface area contributed by atoms with Crippen LogP contribution in [-0.4, -0.2) is 62.8 Å². The molecule has 3 aromatic carbocycles. The van der Waals surface area contributed by atoms with E-state index in [2.05, 4.69) is 5.32 Å². The predicted molar refractivity (Wildman–Crippen MR) is 169 cm³/mol. The van der Waals surface area contributed by atoms with Crippen LogP contribution in [0.1, 0.15) is 45.7 Å². The number of nitrogens with zero attached hydrogens (tertiary/aromatic N) is 1. The maximum absolute atomic E-state index is 13.8. The van der Waals surface area contributed by atoms with Crippen LogP contribution >= 0.6 is 0 Å². The number of rotatable bonds is 12. The molecule has 0 spiro atoms. The van der Waals surface area contributed by atoms with E-state index < -0.39 is 57.2 Å². The summed E-state index contributed by atoms with van der Waals surface area (Å²) < 4.78 is 63.9. The van der Waals surface area contributed by atoms with Gasteiger partial charge in [-0.3, -0.25) is 4.79 Å². The average Bonchev–Trinajstić information content (AvgIpc) is 2.99. The molecule has 0 saturated carbocycles. The summed E-state index contributed by atoms with van der Waals surface area (Å²) in [5.41, 5.74) is -0.625. The first-order valence-electron chi connectivity index (χ1n) is 15.1. The molecule has 11 nitrogen and oxygen atoms in total. The first-order chi connectivity index (χ1) is 22.1. The van der Waals surface area contributed by atoms with Crippen molar-refractivity contribution in [2.75, 3.05) is 19.7 Å². The molecule has 252 valence electrons. The van der Waals surface area contributed by atoms with Gasteiger partial charge in [-0.25, -0.2) is 22.4 Å². The summed E-state index contributed by atoms with van der Waals surface area (Å²) in [6.07, 6.45) is -2.38. The highest BCUT2D eigenvalue weighted by Crippen LogP contribution is 2.40. The Bertz CT molecular complexity index is 1670. The molecule has 0 radical (unpaired) electrons. The molecule has 1 fully saturated rings. The number of hydrogen-bond donors (Lipinski definition) is 1. The van der Waals surface area contributed by atoms with Gasteiger partial charge >= 0.3 is 18.0 Å². The molecule has 0 aromatic heterocycles. The van der Waals surface area contributed by atoms with E-state index in [9.17, 15) is 27.2 Å². The molecular weight excluding hydrogens is 631 g/mol. The van der Waals surface area contributed by atoms with Gasteiger partial charge in [0, 0.05) is 13.3 Å². The molecule has 1 N–H and O–H groups in total. The second kappa shape index (κ2) is 14.5. The lowest BCUT2D eigenvalue weighted by atomic mass is 9.87. The number of alkyl carbamates (subject to hydrolysis) is 1. The van der Waals surface area contributed by atoms with E-state index in [0.717, 1.165) is 5.56 Å². The number of ether oxygens (including phenoxy) is 4. The highest BCUT2D eigenvalue weighted by molar-refractivity contribution is 7.89. The maximum Gasteiger partial charge on any atom is 0.410 e. The van der Waals surface area contributed by atoms with Crippen molar-refractivity contribution in [2.45, 2.75) is 63.9 Å². The lowest BCUT2D eigenvalue weighted by molar-refractivity contribution is -0.174. The molecule has 1 saturated heterocycles. The third kappa shape index (κ3) is 8.86. The van der Waals surface area contributed by atoms with E-state index in [1.807, 2.05) is 30.3 Å². The molecule has 4 rings (SSSR count). The fraction of sp³-hybridized carbons (Fsp3) is 0.382. The SMILES string of the molecule is CCOC(=O)[C@H](Cc1cccc(S(=O)(=O)N2CC(Oc3ccc(F)cc3)(c3ccccc3)C2)c1)NC(=O)OC(C)OC(=O)C(C)(C)C. The van der Waals surface area contributed by atoms with Crippen molar-refractivity contribution in [3.05, 3.63) is 95.8 Å². The fourth-order valence-corrected chi connectivity index (χ4v) is 6.41. The summed E-state index contributed by atoms with van der Waals surface area (Å²) in [6, 6.07) is 19.5. The Morgan fingerprint density at radius 1 is 0.957 bits per heavy atom. The Balaban J connectivity index is 1.48. The fourth-order valence-electron chi connectivity index (χ4n) is 4.80. The van der Waals surface area contributed by atoms with E-state index in [-0.39, 0.29) is 31.0 Å². The van der Waals surface area contributed by atoms with Crippen LogP contribution in [0.3, 0.4) is 0 Å². The van der Waals surface area contributed by atoms with E-state index in [1.165, 1.54) is 53.7 Å². The maximum atomic E-state index is 13.8. The highest BCUT2D eigenvalue weighted by Gasteiger charge is 2.52. The molecule has 0 aliphatic carbocycles. The summed E-state index contributed by atoms with van der Waals surface area (Å²) >= 11 is 0. The van der Waals surface area contributed by atoms with Crippen molar-refractivity contribution in [1.82, 2.24) is 9.62 Å². The van der Waals surface area contributed by atoms with E-state index in [4.69, 9.17) is 18.9 Å². The number of sulfonamides is 1. The van der Waals surface area contributed by atoms with Crippen molar-refractivity contribution in [1.29, 1.82) is 0 Å². The van der Waals surface area contributed by atoms with E-state index in [0.29, 0.717) is 11.3 Å². The summed E-state index contributed by atoms with van der Waals surface area (Å²) in [7, 11) is -4.02. The summed E-state index contributed by atoms with van der Waals surface area (Å²) in [6.45, 7) is 7.96. The number of carbonyl (C=O) groups excluding carboxylic acids is 3. The van der Waals surface area contributed by atoms with Crippen LogP contribution in [0.5, 0.6) is 5.75 Å². The Labute approximate surface area is 274 Å². The highest BCUT2D eigenvalue weighted by atomic mass is 32.2. The van der Waals surface area contributed by atoms with Crippen LogP contribution in [0.4, 0.5) is 9.18 Å². The van der Waals surface area contributed by atoms with E-state index >= 15 is 0 Å².